The molecule has 3 saturated heterocycles. The zero-order valence-electron chi connectivity index (χ0n) is 23.5. The van der Waals surface area contributed by atoms with Gasteiger partial charge in [0, 0.05) is 48.4 Å². The maximum Gasteiger partial charge on any atom is 0.138 e. The van der Waals surface area contributed by atoms with E-state index in [2.05, 4.69) is 81.5 Å². The summed E-state index contributed by atoms with van der Waals surface area (Å²) >= 11 is 0. The molecule has 0 aliphatic carbocycles. The van der Waals surface area contributed by atoms with Crippen LogP contribution < -0.4 is 11.1 Å². The average molecular weight is 519 g/mol. The summed E-state index contributed by atoms with van der Waals surface area (Å²) < 4.78 is 0. The molecule has 8 nitrogen and oxygen atoms in total. The summed E-state index contributed by atoms with van der Waals surface area (Å²) in [7, 11) is 6.55. The van der Waals surface area contributed by atoms with E-state index in [0.29, 0.717) is 11.8 Å². The van der Waals surface area contributed by atoms with Gasteiger partial charge in [-0.25, -0.2) is 9.97 Å². The molecule has 3 aliphatic rings. The summed E-state index contributed by atoms with van der Waals surface area (Å²) in [6.45, 7) is 8.97. The van der Waals surface area contributed by atoms with Gasteiger partial charge in [-0.05, 0) is 116 Å². The van der Waals surface area contributed by atoms with E-state index in [1.165, 1.54) is 62.9 Å². The lowest BCUT2D eigenvalue weighted by atomic mass is 9.93. The molecule has 3 aliphatic heterocycles. The number of hydrogen-bond donors (Lipinski definition) is 3. The van der Waals surface area contributed by atoms with Crippen LogP contribution in [0.1, 0.15) is 37.3 Å². The molecule has 4 N–H and O–H groups in total. The molecule has 0 bridgehead atoms. The first-order valence-electron chi connectivity index (χ1n) is 14.4. The van der Waals surface area contributed by atoms with Crippen molar-refractivity contribution < 1.29 is 0 Å². The van der Waals surface area contributed by atoms with Crippen LogP contribution in [0.4, 0.5) is 5.82 Å². The van der Waals surface area contributed by atoms with Crippen LogP contribution in [0.2, 0.25) is 0 Å². The number of anilines is 1. The Hall–Kier alpha value is -2.52. The number of pyridine rings is 2. The van der Waals surface area contributed by atoms with Crippen LogP contribution in [-0.2, 0) is 0 Å². The zero-order valence-corrected chi connectivity index (χ0v) is 23.5. The van der Waals surface area contributed by atoms with Crippen LogP contribution in [0.3, 0.4) is 0 Å². The highest BCUT2D eigenvalue weighted by Gasteiger charge is 2.22. The maximum absolute atomic E-state index is 5.47. The Morgan fingerprint density at radius 1 is 0.921 bits per heavy atom. The van der Waals surface area contributed by atoms with Gasteiger partial charge in [0.1, 0.15) is 11.5 Å². The molecule has 6 heterocycles. The van der Waals surface area contributed by atoms with Crippen molar-refractivity contribution in [2.45, 2.75) is 31.6 Å². The topological polar surface area (TPSA) is 89.3 Å². The van der Waals surface area contributed by atoms with Crippen LogP contribution in [0.5, 0.6) is 0 Å². The summed E-state index contributed by atoms with van der Waals surface area (Å²) in [6.07, 6.45) is 6.85. The summed E-state index contributed by atoms with van der Waals surface area (Å²) in [5, 5.41) is 4.74. The lowest BCUT2D eigenvalue weighted by Crippen LogP contribution is -2.29. The van der Waals surface area contributed by atoms with Crippen molar-refractivity contribution in [3.8, 4) is 11.3 Å². The maximum atomic E-state index is 5.47. The van der Waals surface area contributed by atoms with Crippen molar-refractivity contribution in [1.29, 1.82) is 0 Å². The predicted octanol–water partition coefficient (Wildman–Crippen LogP) is 3.69. The lowest BCUT2D eigenvalue weighted by molar-refractivity contribution is 0.254. The van der Waals surface area contributed by atoms with Crippen molar-refractivity contribution in [3.05, 3.63) is 42.2 Å². The molecule has 8 heteroatoms. The highest BCUT2D eigenvalue weighted by molar-refractivity contribution is 5.92. The minimum Gasteiger partial charge on any atom is -0.370 e. The Kier molecular flexibility index (Phi) is 8.94. The van der Waals surface area contributed by atoms with Gasteiger partial charge in [-0.1, -0.05) is 6.07 Å². The standard InChI is InChI=1S/C24H32N6.C6H14N2/c1-29-12-8-18(9-13-29)22-14-20-19(6-10-25-24(20)28-22)21-4-3-5-23(27-21)26-15-17-7-11-30(2)16-17;1-8-3-2-6(4-7)5-8/h3-6,10,14,17-18H,7-9,11-13,15-16H2,1-2H3,(H,25,28)(H,26,27);6H,2-5,7H2,1H3. The summed E-state index contributed by atoms with van der Waals surface area (Å²) in [5.74, 6) is 3.03. The second kappa shape index (κ2) is 12.6. The van der Waals surface area contributed by atoms with Gasteiger partial charge in [0.15, 0.2) is 0 Å². The molecular formula is C30H46N8. The number of nitrogens with two attached hydrogens (primary N) is 1. The smallest absolute Gasteiger partial charge is 0.138 e. The molecular weight excluding hydrogens is 472 g/mol. The van der Waals surface area contributed by atoms with Crippen LogP contribution in [0, 0.1) is 11.8 Å². The number of hydrogen-bond acceptors (Lipinski definition) is 7. The van der Waals surface area contributed by atoms with Gasteiger partial charge in [-0.3, -0.25) is 0 Å². The monoisotopic (exact) mass is 518 g/mol. The van der Waals surface area contributed by atoms with Gasteiger partial charge in [0.05, 0.1) is 5.69 Å². The Bertz CT molecular complexity index is 1170. The average Bonchev–Trinajstić information content (AvgIpc) is 3.67. The predicted molar refractivity (Wildman–Crippen MR) is 158 cm³/mol. The Labute approximate surface area is 228 Å². The van der Waals surface area contributed by atoms with E-state index in [0.717, 1.165) is 54.8 Å². The van der Waals surface area contributed by atoms with E-state index in [9.17, 15) is 0 Å². The van der Waals surface area contributed by atoms with Crippen molar-refractivity contribution in [2.75, 3.05) is 78.8 Å². The van der Waals surface area contributed by atoms with Crippen LogP contribution in [-0.4, -0.2) is 103 Å². The quantitative estimate of drug-likeness (QED) is 0.459. The third-order valence-electron chi connectivity index (χ3n) is 8.62. The van der Waals surface area contributed by atoms with E-state index in [1.807, 2.05) is 6.20 Å². The van der Waals surface area contributed by atoms with Gasteiger partial charge in [-0.15, -0.1) is 0 Å². The second-order valence-electron chi connectivity index (χ2n) is 11.8. The first-order chi connectivity index (χ1) is 18.5. The fourth-order valence-electron chi connectivity index (χ4n) is 6.15. The molecule has 0 amide bonds. The van der Waals surface area contributed by atoms with Gasteiger partial charge in [0.2, 0.25) is 0 Å². The zero-order chi connectivity index (χ0) is 26.5. The molecule has 0 saturated carbocycles. The van der Waals surface area contributed by atoms with E-state index in [-0.39, 0.29) is 0 Å². The SMILES string of the molecule is CN1CCC(CN)C1.CN1CCC(c2cc3c(-c4cccc(NCC5CCN(C)C5)n4)ccnc3[nH]2)CC1. The molecule has 38 heavy (non-hydrogen) atoms. The number of aromatic amines is 1. The lowest BCUT2D eigenvalue weighted by Gasteiger charge is -2.28. The van der Waals surface area contributed by atoms with Crippen LogP contribution in [0.25, 0.3) is 22.3 Å². The van der Waals surface area contributed by atoms with Gasteiger partial charge in [-0.2, -0.15) is 0 Å². The van der Waals surface area contributed by atoms with E-state index in [4.69, 9.17) is 10.7 Å². The molecule has 2 atom stereocenters. The highest BCUT2D eigenvalue weighted by atomic mass is 15.1. The van der Waals surface area contributed by atoms with Gasteiger partial charge < -0.3 is 30.7 Å². The Balaban J connectivity index is 0.000000316. The highest BCUT2D eigenvalue weighted by Crippen LogP contribution is 2.33. The van der Waals surface area contributed by atoms with Crippen LogP contribution >= 0.6 is 0 Å². The third kappa shape index (κ3) is 6.72. The number of piperidine rings is 1. The minimum absolute atomic E-state index is 0.591. The van der Waals surface area contributed by atoms with Crippen molar-refractivity contribution in [2.24, 2.45) is 17.6 Å². The molecule has 3 aromatic heterocycles. The molecule has 2 unspecified atom stereocenters. The number of fused-ring (bicyclic) bond motifs is 1. The normalized spacial score (nSPS) is 23.6. The Morgan fingerprint density at radius 3 is 2.29 bits per heavy atom. The molecule has 206 valence electrons. The van der Waals surface area contributed by atoms with Crippen molar-refractivity contribution in [1.82, 2.24) is 29.7 Å². The van der Waals surface area contributed by atoms with E-state index < -0.39 is 0 Å². The van der Waals surface area contributed by atoms with Crippen LogP contribution in [0.15, 0.2) is 36.5 Å². The molecule has 0 radical (unpaired) electrons. The largest absolute Gasteiger partial charge is 0.370 e. The minimum atomic E-state index is 0.591. The van der Waals surface area contributed by atoms with E-state index in [1.54, 1.807) is 0 Å². The number of aromatic nitrogens is 3. The van der Waals surface area contributed by atoms with Gasteiger partial charge >= 0.3 is 0 Å². The molecule has 6 rings (SSSR count). The third-order valence-corrected chi connectivity index (χ3v) is 8.62. The molecule has 0 aromatic carbocycles. The fourth-order valence-corrected chi connectivity index (χ4v) is 6.15. The number of nitrogens with one attached hydrogen (secondary N) is 2. The first-order valence-corrected chi connectivity index (χ1v) is 14.4. The number of likely N-dealkylation sites (tertiary alicyclic amines) is 3. The van der Waals surface area contributed by atoms with Crippen molar-refractivity contribution >= 4 is 16.9 Å². The van der Waals surface area contributed by atoms with E-state index >= 15 is 0 Å². The van der Waals surface area contributed by atoms with Gasteiger partial charge in [0.25, 0.3) is 0 Å². The molecule has 3 fully saturated rings. The van der Waals surface area contributed by atoms with Crippen molar-refractivity contribution in [3.63, 3.8) is 0 Å². The number of nitrogens with zero attached hydrogens (tertiary/aromatic N) is 5. The number of H-pyrrole nitrogens is 1. The summed E-state index contributed by atoms with van der Waals surface area (Å²) in [6, 6.07) is 10.7. The number of rotatable bonds is 6. The molecule has 3 aromatic rings. The second-order valence-corrected chi connectivity index (χ2v) is 11.8. The summed E-state index contributed by atoms with van der Waals surface area (Å²) in [4.78, 5) is 20.3. The first kappa shape index (κ1) is 27.1. The Morgan fingerprint density at radius 2 is 1.63 bits per heavy atom. The fraction of sp³-hybridized carbons (Fsp3) is 0.600. The summed E-state index contributed by atoms with van der Waals surface area (Å²) in [5.41, 5.74) is 9.91. The molecule has 0 spiro atoms.